The Kier molecular flexibility index (Phi) is 6.71. The average Bonchev–Trinajstić information content (AvgIpc) is 2.61. The molecule has 0 fully saturated rings. The summed E-state index contributed by atoms with van der Waals surface area (Å²) in [7, 11) is -2.70. The number of hydrogen-bond donors (Lipinski definition) is 2. The molecule has 0 amide bonds. The average molecular weight is 416 g/mol. The molecule has 2 aromatic rings. The van der Waals surface area contributed by atoms with Crippen molar-refractivity contribution in [3.63, 3.8) is 0 Å². The zero-order chi connectivity index (χ0) is 20.2. The van der Waals surface area contributed by atoms with Gasteiger partial charge in [-0.15, -0.1) is 0 Å². The van der Waals surface area contributed by atoms with Gasteiger partial charge in [0.25, 0.3) is 0 Å². The molecule has 148 valence electrons. The topological polar surface area (TPSA) is 95.6 Å². The van der Waals surface area contributed by atoms with Gasteiger partial charge in [-0.25, -0.2) is 30.7 Å². The Morgan fingerprint density at radius 2 is 1.52 bits per heavy atom. The number of sulfonamides is 2. The minimum absolute atomic E-state index is 0.0232. The summed E-state index contributed by atoms with van der Waals surface area (Å²) < 4.78 is 66.6. The highest BCUT2D eigenvalue weighted by Gasteiger charge is 2.21. The van der Waals surface area contributed by atoms with E-state index in [-0.39, 0.29) is 22.4 Å². The third-order valence-electron chi connectivity index (χ3n) is 4.04. The number of nitrogens with one attached hydrogen (secondary N) is 2. The quantitative estimate of drug-likeness (QED) is 0.678. The van der Waals surface area contributed by atoms with Gasteiger partial charge in [0.05, 0.1) is 9.79 Å². The molecular formula is C17H22FN3O4S2. The van der Waals surface area contributed by atoms with E-state index in [1.807, 2.05) is 0 Å². The fraction of sp³-hybridized carbons (Fsp3) is 0.294. The zero-order valence-electron chi connectivity index (χ0n) is 15.2. The molecule has 10 heteroatoms. The van der Waals surface area contributed by atoms with E-state index in [9.17, 15) is 21.2 Å². The van der Waals surface area contributed by atoms with Crippen molar-refractivity contribution in [1.29, 1.82) is 0 Å². The molecular weight excluding hydrogens is 393 g/mol. The first-order valence-electron chi connectivity index (χ1n) is 8.02. The minimum Gasteiger partial charge on any atom is -0.301 e. The van der Waals surface area contributed by atoms with Crippen molar-refractivity contribution < 1.29 is 21.2 Å². The van der Waals surface area contributed by atoms with Gasteiger partial charge < -0.3 is 4.90 Å². The highest BCUT2D eigenvalue weighted by molar-refractivity contribution is 7.90. The Morgan fingerprint density at radius 1 is 0.963 bits per heavy atom. The first kappa shape index (κ1) is 21.5. The minimum atomic E-state index is -3.86. The third-order valence-corrected chi connectivity index (χ3v) is 6.91. The van der Waals surface area contributed by atoms with Crippen LogP contribution in [0.1, 0.15) is 11.6 Å². The third kappa shape index (κ3) is 5.33. The van der Waals surface area contributed by atoms with Gasteiger partial charge in [-0.2, -0.15) is 0 Å². The Morgan fingerprint density at radius 3 is 2.00 bits per heavy atom. The maximum Gasteiger partial charge on any atom is 0.240 e. The highest BCUT2D eigenvalue weighted by atomic mass is 32.2. The Bertz CT molecular complexity index is 991. The SMILES string of the molecule is CNS(=O)(=O)c1ccc(S(=O)(=O)NC[C@@H](c2cccc(F)c2)N(C)C)cc1. The normalized spacial score (nSPS) is 13.7. The van der Waals surface area contributed by atoms with Gasteiger partial charge in [0, 0.05) is 12.6 Å². The molecule has 2 aromatic carbocycles. The van der Waals surface area contributed by atoms with Crippen molar-refractivity contribution >= 4 is 20.0 Å². The van der Waals surface area contributed by atoms with Crippen LogP contribution in [-0.4, -0.2) is 49.4 Å². The molecule has 0 spiro atoms. The summed E-state index contributed by atoms with van der Waals surface area (Å²) in [5, 5.41) is 0. The van der Waals surface area contributed by atoms with E-state index in [1.165, 1.54) is 43.4 Å². The molecule has 0 bridgehead atoms. The summed E-state index contributed by atoms with van der Waals surface area (Å²) in [5.41, 5.74) is 0.637. The molecule has 0 saturated heterocycles. The Labute approximate surface area is 159 Å². The van der Waals surface area contributed by atoms with Crippen LogP contribution in [0, 0.1) is 5.82 Å². The van der Waals surface area contributed by atoms with Crippen molar-refractivity contribution in [1.82, 2.24) is 14.3 Å². The lowest BCUT2D eigenvalue weighted by Crippen LogP contribution is -2.34. The summed E-state index contributed by atoms with van der Waals surface area (Å²) in [6.45, 7) is 0.0232. The second-order valence-corrected chi connectivity index (χ2v) is 9.72. The summed E-state index contributed by atoms with van der Waals surface area (Å²) in [4.78, 5) is 1.68. The molecule has 7 nitrogen and oxygen atoms in total. The van der Waals surface area contributed by atoms with Crippen LogP contribution in [0.2, 0.25) is 0 Å². The molecule has 0 aliphatic rings. The van der Waals surface area contributed by atoms with Crippen LogP contribution in [0.3, 0.4) is 0 Å². The van der Waals surface area contributed by atoms with Crippen molar-refractivity contribution in [2.75, 3.05) is 27.7 Å². The Balaban J connectivity index is 2.20. The molecule has 27 heavy (non-hydrogen) atoms. The summed E-state index contributed by atoms with van der Waals surface area (Å²) in [6, 6.07) is 10.5. The second kappa shape index (κ2) is 8.44. The molecule has 2 rings (SSSR count). The molecule has 2 N–H and O–H groups in total. The van der Waals surface area contributed by atoms with Crippen molar-refractivity contribution in [2.24, 2.45) is 0 Å². The Hall–Kier alpha value is -1.85. The summed E-state index contributed by atoms with van der Waals surface area (Å²) in [6.07, 6.45) is 0. The maximum absolute atomic E-state index is 13.5. The lowest BCUT2D eigenvalue weighted by atomic mass is 10.1. The van der Waals surface area contributed by atoms with Gasteiger partial charge in [0.2, 0.25) is 20.0 Å². The first-order valence-corrected chi connectivity index (χ1v) is 11.0. The van der Waals surface area contributed by atoms with E-state index in [1.54, 1.807) is 31.1 Å². The summed E-state index contributed by atoms with van der Waals surface area (Å²) >= 11 is 0. The van der Waals surface area contributed by atoms with E-state index in [0.29, 0.717) is 5.56 Å². The van der Waals surface area contributed by atoms with E-state index in [0.717, 1.165) is 0 Å². The predicted octanol–water partition coefficient (Wildman–Crippen LogP) is 1.31. The number of benzene rings is 2. The second-order valence-electron chi connectivity index (χ2n) is 6.07. The van der Waals surface area contributed by atoms with Crippen LogP contribution in [0.5, 0.6) is 0 Å². The molecule has 1 atom stereocenters. The predicted molar refractivity (Wildman–Crippen MR) is 101 cm³/mol. The summed E-state index contributed by atoms with van der Waals surface area (Å²) in [5.74, 6) is -0.400. The number of halogens is 1. The molecule has 0 aliphatic carbocycles. The fourth-order valence-electron chi connectivity index (χ4n) is 2.50. The molecule has 0 heterocycles. The van der Waals surface area contributed by atoms with Crippen molar-refractivity contribution in [3.05, 3.63) is 59.9 Å². The standard InChI is InChI=1S/C17H22FN3O4S2/c1-19-26(22,23)15-7-9-16(10-8-15)27(24,25)20-12-17(21(2)3)13-5-4-6-14(18)11-13/h4-11,17,19-20H,12H2,1-3H3/t17-/m0/s1. The van der Waals surface area contributed by atoms with Crippen LogP contribution >= 0.6 is 0 Å². The number of hydrogen-bond acceptors (Lipinski definition) is 5. The number of rotatable bonds is 8. The maximum atomic E-state index is 13.5. The monoisotopic (exact) mass is 415 g/mol. The van der Waals surface area contributed by atoms with Crippen LogP contribution < -0.4 is 9.44 Å². The van der Waals surface area contributed by atoms with E-state index >= 15 is 0 Å². The van der Waals surface area contributed by atoms with Gasteiger partial charge in [0.1, 0.15) is 5.82 Å². The first-order chi connectivity index (χ1) is 12.6. The van der Waals surface area contributed by atoms with Gasteiger partial charge in [-0.05, 0) is 63.1 Å². The van der Waals surface area contributed by atoms with E-state index in [2.05, 4.69) is 9.44 Å². The van der Waals surface area contributed by atoms with Gasteiger partial charge in [-0.3, -0.25) is 0 Å². The van der Waals surface area contributed by atoms with Crippen molar-refractivity contribution in [2.45, 2.75) is 15.8 Å². The van der Waals surface area contributed by atoms with Crippen LogP contribution in [0.15, 0.2) is 58.3 Å². The molecule has 0 aromatic heterocycles. The zero-order valence-corrected chi connectivity index (χ0v) is 16.8. The number of likely N-dealkylation sites (N-methyl/N-ethyl adjacent to an activating group) is 1. The smallest absolute Gasteiger partial charge is 0.240 e. The molecule has 0 aliphatic heterocycles. The van der Waals surface area contributed by atoms with Crippen LogP contribution in [0.25, 0.3) is 0 Å². The lowest BCUT2D eigenvalue weighted by Gasteiger charge is -2.25. The van der Waals surface area contributed by atoms with Gasteiger partial charge in [0.15, 0.2) is 0 Å². The van der Waals surface area contributed by atoms with E-state index < -0.39 is 25.9 Å². The highest BCUT2D eigenvalue weighted by Crippen LogP contribution is 2.20. The fourth-order valence-corrected chi connectivity index (χ4v) is 4.27. The van der Waals surface area contributed by atoms with Gasteiger partial charge >= 0.3 is 0 Å². The van der Waals surface area contributed by atoms with E-state index in [4.69, 9.17) is 0 Å². The van der Waals surface area contributed by atoms with Gasteiger partial charge in [-0.1, -0.05) is 12.1 Å². The lowest BCUT2D eigenvalue weighted by molar-refractivity contribution is 0.299. The largest absolute Gasteiger partial charge is 0.301 e. The molecule has 0 unspecified atom stereocenters. The van der Waals surface area contributed by atoms with Crippen LogP contribution in [0.4, 0.5) is 4.39 Å². The van der Waals surface area contributed by atoms with Crippen LogP contribution in [-0.2, 0) is 20.0 Å². The van der Waals surface area contributed by atoms with Crippen molar-refractivity contribution in [3.8, 4) is 0 Å². The number of nitrogens with zero attached hydrogens (tertiary/aromatic N) is 1. The molecule has 0 saturated carbocycles. The molecule has 0 radical (unpaired) electrons.